The number of amides is 1. The van der Waals surface area contributed by atoms with Gasteiger partial charge in [0.2, 0.25) is 0 Å². The van der Waals surface area contributed by atoms with Crippen molar-refractivity contribution in [3.8, 4) is 0 Å². The summed E-state index contributed by atoms with van der Waals surface area (Å²) in [5.41, 5.74) is 0.363. The zero-order chi connectivity index (χ0) is 12.3. The van der Waals surface area contributed by atoms with Crippen molar-refractivity contribution in [1.82, 2.24) is 15.4 Å². The fraction of sp³-hybridized carbons (Fsp3) is 0.667. The van der Waals surface area contributed by atoms with E-state index in [-0.39, 0.29) is 5.91 Å². The van der Waals surface area contributed by atoms with E-state index in [9.17, 15) is 4.79 Å². The SMILES string of the molecule is Cc1cc(C(=O)NCCC2CCCN2C)no1. The van der Waals surface area contributed by atoms with Crippen LogP contribution in [0, 0.1) is 6.92 Å². The molecule has 1 aliphatic heterocycles. The first-order valence-electron chi connectivity index (χ1n) is 6.08. The van der Waals surface area contributed by atoms with Gasteiger partial charge in [0.15, 0.2) is 5.69 Å². The van der Waals surface area contributed by atoms with E-state index in [4.69, 9.17) is 4.52 Å². The monoisotopic (exact) mass is 237 g/mol. The van der Waals surface area contributed by atoms with Gasteiger partial charge in [0.1, 0.15) is 5.76 Å². The van der Waals surface area contributed by atoms with Crippen molar-refractivity contribution < 1.29 is 9.32 Å². The van der Waals surface area contributed by atoms with E-state index in [1.54, 1.807) is 13.0 Å². The Balaban J connectivity index is 1.73. The molecule has 1 saturated heterocycles. The number of likely N-dealkylation sites (tertiary alicyclic amines) is 1. The van der Waals surface area contributed by atoms with E-state index in [2.05, 4.69) is 22.4 Å². The molecule has 0 aliphatic carbocycles. The van der Waals surface area contributed by atoms with Crippen LogP contribution in [-0.2, 0) is 0 Å². The van der Waals surface area contributed by atoms with E-state index in [0.717, 1.165) is 6.42 Å². The smallest absolute Gasteiger partial charge is 0.273 e. The average molecular weight is 237 g/mol. The molecule has 0 bridgehead atoms. The van der Waals surface area contributed by atoms with E-state index in [1.807, 2.05) is 0 Å². The first-order chi connectivity index (χ1) is 8.16. The second kappa shape index (κ2) is 5.31. The number of nitrogens with one attached hydrogen (secondary N) is 1. The topological polar surface area (TPSA) is 58.4 Å². The standard InChI is InChI=1S/C12H19N3O2/c1-9-8-11(14-17-9)12(16)13-6-5-10-4-3-7-15(10)2/h8,10H,3-7H2,1-2H3,(H,13,16). The molecule has 0 saturated carbocycles. The third-order valence-corrected chi connectivity index (χ3v) is 3.30. The minimum absolute atomic E-state index is 0.150. The summed E-state index contributed by atoms with van der Waals surface area (Å²) in [5, 5.41) is 6.56. The predicted molar refractivity (Wildman–Crippen MR) is 63.8 cm³/mol. The van der Waals surface area contributed by atoms with Gasteiger partial charge in [-0.1, -0.05) is 5.16 Å². The maximum Gasteiger partial charge on any atom is 0.273 e. The van der Waals surface area contributed by atoms with Crippen LogP contribution in [-0.4, -0.2) is 42.1 Å². The van der Waals surface area contributed by atoms with Crippen molar-refractivity contribution in [2.75, 3.05) is 20.1 Å². The Kier molecular flexibility index (Phi) is 3.78. The summed E-state index contributed by atoms with van der Waals surface area (Å²) < 4.78 is 4.86. The lowest BCUT2D eigenvalue weighted by Crippen LogP contribution is -2.31. The minimum Gasteiger partial charge on any atom is -0.361 e. The van der Waals surface area contributed by atoms with Crippen molar-refractivity contribution in [3.63, 3.8) is 0 Å². The van der Waals surface area contributed by atoms with Crippen LogP contribution in [0.3, 0.4) is 0 Å². The highest BCUT2D eigenvalue weighted by atomic mass is 16.5. The van der Waals surface area contributed by atoms with Gasteiger partial charge in [0.05, 0.1) is 0 Å². The van der Waals surface area contributed by atoms with Gasteiger partial charge in [-0.3, -0.25) is 4.79 Å². The summed E-state index contributed by atoms with van der Waals surface area (Å²) in [4.78, 5) is 14.0. The van der Waals surface area contributed by atoms with E-state index in [0.29, 0.717) is 24.0 Å². The molecule has 1 amide bonds. The highest BCUT2D eigenvalue weighted by Gasteiger charge is 2.20. The lowest BCUT2D eigenvalue weighted by molar-refractivity contribution is 0.0941. The highest BCUT2D eigenvalue weighted by molar-refractivity contribution is 5.92. The molecule has 94 valence electrons. The van der Waals surface area contributed by atoms with Crippen molar-refractivity contribution in [3.05, 3.63) is 17.5 Å². The third-order valence-electron chi connectivity index (χ3n) is 3.30. The van der Waals surface area contributed by atoms with Crippen LogP contribution in [0.25, 0.3) is 0 Å². The van der Waals surface area contributed by atoms with Crippen LogP contribution in [0.1, 0.15) is 35.5 Å². The van der Waals surface area contributed by atoms with Crippen LogP contribution >= 0.6 is 0 Å². The van der Waals surface area contributed by atoms with Crippen molar-refractivity contribution in [2.45, 2.75) is 32.2 Å². The molecular weight excluding hydrogens is 218 g/mol. The lowest BCUT2D eigenvalue weighted by atomic mass is 10.1. The maximum atomic E-state index is 11.7. The number of hydrogen-bond acceptors (Lipinski definition) is 4. The molecule has 1 atom stereocenters. The fourth-order valence-electron chi connectivity index (χ4n) is 2.26. The highest BCUT2D eigenvalue weighted by Crippen LogP contribution is 2.16. The average Bonchev–Trinajstić information content (AvgIpc) is 2.88. The maximum absolute atomic E-state index is 11.7. The molecule has 1 aromatic rings. The van der Waals surface area contributed by atoms with Gasteiger partial charge in [0, 0.05) is 18.7 Å². The summed E-state index contributed by atoms with van der Waals surface area (Å²) in [6, 6.07) is 2.26. The second-order valence-corrected chi connectivity index (χ2v) is 4.64. The zero-order valence-corrected chi connectivity index (χ0v) is 10.4. The summed E-state index contributed by atoms with van der Waals surface area (Å²) in [5.74, 6) is 0.508. The zero-order valence-electron chi connectivity index (χ0n) is 10.4. The van der Waals surface area contributed by atoms with E-state index < -0.39 is 0 Å². The number of aromatic nitrogens is 1. The Bertz CT molecular complexity index is 389. The van der Waals surface area contributed by atoms with Crippen molar-refractivity contribution in [2.24, 2.45) is 0 Å². The number of rotatable bonds is 4. The van der Waals surface area contributed by atoms with Gasteiger partial charge in [-0.15, -0.1) is 0 Å². The van der Waals surface area contributed by atoms with Gasteiger partial charge >= 0.3 is 0 Å². The molecule has 2 rings (SSSR count). The lowest BCUT2D eigenvalue weighted by Gasteiger charge is -2.18. The molecule has 1 unspecified atom stereocenters. The van der Waals surface area contributed by atoms with Gasteiger partial charge in [-0.25, -0.2) is 0 Å². The Morgan fingerprint density at radius 3 is 3.12 bits per heavy atom. The van der Waals surface area contributed by atoms with Gasteiger partial charge in [0.25, 0.3) is 5.91 Å². The quantitative estimate of drug-likeness (QED) is 0.854. The molecule has 1 fully saturated rings. The van der Waals surface area contributed by atoms with Crippen LogP contribution in [0.5, 0.6) is 0 Å². The Morgan fingerprint density at radius 1 is 1.71 bits per heavy atom. The Labute approximate surface area is 101 Å². The van der Waals surface area contributed by atoms with E-state index >= 15 is 0 Å². The van der Waals surface area contributed by atoms with Crippen molar-refractivity contribution >= 4 is 5.91 Å². The third kappa shape index (κ3) is 3.06. The molecule has 0 aromatic carbocycles. The number of nitrogens with zero attached hydrogens (tertiary/aromatic N) is 2. The number of carbonyl (C=O) groups is 1. The Hall–Kier alpha value is -1.36. The molecule has 0 spiro atoms. The molecule has 2 heterocycles. The normalized spacial score (nSPS) is 20.7. The van der Waals surface area contributed by atoms with Gasteiger partial charge < -0.3 is 14.7 Å². The summed E-state index contributed by atoms with van der Waals surface area (Å²) in [7, 11) is 2.14. The number of aryl methyl sites for hydroxylation is 1. The van der Waals surface area contributed by atoms with Crippen molar-refractivity contribution in [1.29, 1.82) is 0 Å². The van der Waals surface area contributed by atoms with Crippen LogP contribution in [0.2, 0.25) is 0 Å². The predicted octanol–water partition coefficient (Wildman–Crippen LogP) is 1.20. The molecule has 5 nitrogen and oxygen atoms in total. The summed E-state index contributed by atoms with van der Waals surface area (Å²) in [6.45, 7) is 3.64. The number of hydrogen-bond donors (Lipinski definition) is 1. The van der Waals surface area contributed by atoms with Gasteiger partial charge in [-0.2, -0.15) is 0 Å². The first-order valence-corrected chi connectivity index (χ1v) is 6.08. The van der Waals surface area contributed by atoms with Crippen LogP contribution < -0.4 is 5.32 Å². The first kappa shape index (κ1) is 12.1. The summed E-state index contributed by atoms with van der Waals surface area (Å²) in [6.07, 6.45) is 3.49. The largest absolute Gasteiger partial charge is 0.361 e. The molecule has 17 heavy (non-hydrogen) atoms. The fourth-order valence-corrected chi connectivity index (χ4v) is 2.26. The van der Waals surface area contributed by atoms with Crippen LogP contribution in [0.15, 0.2) is 10.6 Å². The molecular formula is C12H19N3O2. The molecule has 0 radical (unpaired) electrons. The van der Waals surface area contributed by atoms with E-state index in [1.165, 1.54) is 19.4 Å². The molecule has 1 aromatic heterocycles. The molecule has 5 heteroatoms. The Morgan fingerprint density at radius 2 is 2.53 bits per heavy atom. The molecule has 1 N–H and O–H groups in total. The second-order valence-electron chi connectivity index (χ2n) is 4.64. The van der Waals surface area contributed by atoms with Gasteiger partial charge in [-0.05, 0) is 39.8 Å². The molecule has 1 aliphatic rings. The van der Waals surface area contributed by atoms with Crippen LogP contribution in [0.4, 0.5) is 0 Å². The minimum atomic E-state index is -0.150. The summed E-state index contributed by atoms with van der Waals surface area (Å²) >= 11 is 0. The number of carbonyl (C=O) groups excluding carboxylic acids is 1.